The van der Waals surface area contributed by atoms with Gasteiger partial charge in [-0.25, -0.2) is 8.42 Å². The molecule has 6 nitrogen and oxygen atoms in total. The van der Waals surface area contributed by atoms with Crippen molar-refractivity contribution in [1.82, 2.24) is 0 Å². The lowest BCUT2D eigenvalue weighted by molar-refractivity contribution is -0.118. The van der Waals surface area contributed by atoms with Crippen LogP contribution < -0.4 is 9.21 Å². The van der Waals surface area contributed by atoms with Crippen molar-refractivity contribution in [2.45, 2.75) is 6.42 Å². The van der Waals surface area contributed by atoms with Crippen LogP contribution in [0.5, 0.6) is 0 Å². The summed E-state index contributed by atoms with van der Waals surface area (Å²) in [5, 5.41) is 9.20. The minimum absolute atomic E-state index is 0.00176. The fourth-order valence-corrected chi connectivity index (χ4v) is 3.35. The Kier molecular flexibility index (Phi) is 5.78. The first kappa shape index (κ1) is 18.5. The van der Waals surface area contributed by atoms with Crippen molar-refractivity contribution in [3.8, 4) is 6.07 Å². The van der Waals surface area contributed by atoms with Gasteiger partial charge in [-0.05, 0) is 24.3 Å². The molecule has 1 amide bonds. The van der Waals surface area contributed by atoms with E-state index in [0.29, 0.717) is 0 Å². The van der Waals surface area contributed by atoms with Crippen molar-refractivity contribution in [3.05, 3.63) is 60.2 Å². The van der Waals surface area contributed by atoms with Gasteiger partial charge in [0.05, 0.1) is 17.5 Å². The number of para-hydroxylation sites is 2. The topological polar surface area (TPSA) is 81.5 Å². The summed E-state index contributed by atoms with van der Waals surface area (Å²) in [4.78, 5) is 13.9. The third kappa shape index (κ3) is 4.58. The summed E-state index contributed by atoms with van der Waals surface area (Å²) in [6.07, 6.45) is 1.06. The van der Waals surface area contributed by atoms with Crippen LogP contribution in [0.25, 0.3) is 0 Å². The summed E-state index contributed by atoms with van der Waals surface area (Å²) in [7, 11) is -1.98. The van der Waals surface area contributed by atoms with Crippen LogP contribution in [0.3, 0.4) is 0 Å². The van der Waals surface area contributed by atoms with Gasteiger partial charge in [0, 0.05) is 25.7 Å². The summed E-state index contributed by atoms with van der Waals surface area (Å²) in [6.45, 7) is -0.0342. The maximum absolute atomic E-state index is 12.4. The lowest BCUT2D eigenvalue weighted by Gasteiger charge is -2.24. The minimum atomic E-state index is -3.63. The monoisotopic (exact) mass is 357 g/mol. The Balaban J connectivity index is 2.20. The molecule has 0 aliphatic rings. The van der Waals surface area contributed by atoms with Crippen molar-refractivity contribution in [1.29, 1.82) is 5.26 Å². The quantitative estimate of drug-likeness (QED) is 0.795. The van der Waals surface area contributed by atoms with Crippen molar-refractivity contribution in [2.24, 2.45) is 0 Å². The zero-order valence-electron chi connectivity index (χ0n) is 14.1. The number of carbonyl (C=O) groups excluding carboxylic acids is 1. The molecule has 0 atom stereocenters. The van der Waals surface area contributed by atoms with Gasteiger partial charge in [0.15, 0.2) is 0 Å². The van der Waals surface area contributed by atoms with Gasteiger partial charge in [0.2, 0.25) is 15.9 Å². The van der Waals surface area contributed by atoms with Crippen molar-refractivity contribution in [2.75, 3.05) is 29.1 Å². The highest BCUT2D eigenvalue weighted by atomic mass is 32.2. The smallest absolute Gasteiger partial charge is 0.232 e. The number of nitriles is 1. The molecular formula is C18H19N3O3S. The van der Waals surface area contributed by atoms with Crippen LogP contribution in [0.1, 0.15) is 12.0 Å². The second-order valence-electron chi connectivity index (χ2n) is 5.50. The molecule has 0 heterocycles. The van der Waals surface area contributed by atoms with Crippen molar-refractivity contribution in [3.63, 3.8) is 0 Å². The molecule has 2 rings (SSSR count). The zero-order chi connectivity index (χ0) is 18.4. The predicted octanol–water partition coefficient (Wildman–Crippen LogP) is 2.38. The van der Waals surface area contributed by atoms with Gasteiger partial charge in [0.1, 0.15) is 6.07 Å². The molecule has 2 aromatic rings. The maximum Gasteiger partial charge on any atom is 0.232 e. The average molecular weight is 357 g/mol. The summed E-state index contributed by atoms with van der Waals surface area (Å²) >= 11 is 0. The second kappa shape index (κ2) is 7.81. The maximum atomic E-state index is 12.4. The van der Waals surface area contributed by atoms with E-state index in [1.165, 1.54) is 4.90 Å². The summed E-state index contributed by atoms with van der Waals surface area (Å²) < 4.78 is 25.4. The SMILES string of the molecule is CN(C(=O)CCN(c1ccccc1C#N)S(C)(=O)=O)c1ccccc1. The minimum Gasteiger partial charge on any atom is -0.315 e. The normalized spacial score (nSPS) is 10.8. The Labute approximate surface area is 148 Å². The van der Waals surface area contributed by atoms with E-state index in [9.17, 15) is 18.5 Å². The molecule has 0 N–H and O–H groups in total. The number of amides is 1. The largest absolute Gasteiger partial charge is 0.315 e. The number of rotatable bonds is 6. The number of benzene rings is 2. The van der Waals surface area contributed by atoms with E-state index in [-0.39, 0.29) is 30.1 Å². The third-order valence-electron chi connectivity index (χ3n) is 3.74. The standard InChI is InChI=1S/C18H19N3O3S/c1-20(16-9-4-3-5-10-16)18(22)12-13-21(25(2,23)24)17-11-7-6-8-15(17)14-19/h3-11H,12-13H2,1-2H3. The Morgan fingerprint density at radius 1 is 1.08 bits per heavy atom. The molecule has 0 unspecified atom stereocenters. The number of sulfonamides is 1. The highest BCUT2D eigenvalue weighted by molar-refractivity contribution is 7.92. The molecule has 130 valence electrons. The first-order chi connectivity index (χ1) is 11.8. The molecule has 7 heteroatoms. The van der Waals surface area contributed by atoms with Gasteiger partial charge >= 0.3 is 0 Å². The lowest BCUT2D eigenvalue weighted by atomic mass is 10.2. The Morgan fingerprint density at radius 2 is 1.68 bits per heavy atom. The molecule has 0 bridgehead atoms. The van der Waals surface area contributed by atoms with E-state index in [0.717, 1.165) is 16.2 Å². The van der Waals surface area contributed by atoms with Crippen LogP contribution in [-0.2, 0) is 14.8 Å². The van der Waals surface area contributed by atoms with Gasteiger partial charge in [-0.3, -0.25) is 9.10 Å². The van der Waals surface area contributed by atoms with Crippen LogP contribution >= 0.6 is 0 Å². The molecule has 0 saturated heterocycles. The summed E-state index contributed by atoms with van der Waals surface area (Å²) in [5.74, 6) is -0.214. The molecule has 0 radical (unpaired) electrons. The molecule has 25 heavy (non-hydrogen) atoms. The Hall–Kier alpha value is -2.85. The molecule has 2 aromatic carbocycles. The molecule has 0 saturated carbocycles. The fourth-order valence-electron chi connectivity index (χ4n) is 2.41. The van der Waals surface area contributed by atoms with E-state index in [1.807, 2.05) is 24.3 Å². The van der Waals surface area contributed by atoms with Crippen LogP contribution in [0.4, 0.5) is 11.4 Å². The molecule has 0 aliphatic heterocycles. The number of hydrogen-bond acceptors (Lipinski definition) is 4. The summed E-state index contributed by atoms with van der Waals surface area (Å²) in [5.41, 5.74) is 1.26. The molecule has 0 aromatic heterocycles. The van der Waals surface area contributed by atoms with Gasteiger partial charge in [-0.15, -0.1) is 0 Å². The van der Waals surface area contributed by atoms with Crippen molar-refractivity contribution < 1.29 is 13.2 Å². The first-order valence-corrected chi connectivity index (χ1v) is 9.48. The van der Waals surface area contributed by atoms with E-state index >= 15 is 0 Å². The highest BCUT2D eigenvalue weighted by Crippen LogP contribution is 2.23. The van der Waals surface area contributed by atoms with Crippen LogP contribution in [0, 0.1) is 11.3 Å². The van der Waals surface area contributed by atoms with Crippen LogP contribution in [-0.4, -0.2) is 34.2 Å². The van der Waals surface area contributed by atoms with Gasteiger partial charge < -0.3 is 4.90 Å². The van der Waals surface area contributed by atoms with E-state index in [1.54, 1.807) is 43.4 Å². The fraction of sp³-hybridized carbons (Fsp3) is 0.222. The highest BCUT2D eigenvalue weighted by Gasteiger charge is 2.22. The number of nitrogens with zero attached hydrogens (tertiary/aromatic N) is 3. The second-order valence-corrected chi connectivity index (χ2v) is 7.41. The van der Waals surface area contributed by atoms with E-state index in [2.05, 4.69) is 0 Å². The lowest BCUT2D eigenvalue weighted by Crippen LogP contribution is -2.35. The number of carbonyl (C=O) groups is 1. The van der Waals surface area contributed by atoms with Crippen molar-refractivity contribution >= 4 is 27.3 Å². The third-order valence-corrected chi connectivity index (χ3v) is 4.92. The zero-order valence-corrected chi connectivity index (χ0v) is 14.9. The molecule has 0 fully saturated rings. The molecule has 0 spiro atoms. The Bertz CT molecular complexity index is 889. The van der Waals surface area contributed by atoms with E-state index < -0.39 is 10.0 Å². The number of anilines is 2. The van der Waals surface area contributed by atoms with Gasteiger partial charge in [-0.2, -0.15) is 5.26 Å². The van der Waals surface area contributed by atoms with E-state index in [4.69, 9.17) is 0 Å². The molecular weight excluding hydrogens is 338 g/mol. The average Bonchev–Trinajstić information content (AvgIpc) is 2.61. The molecule has 0 aliphatic carbocycles. The predicted molar refractivity (Wildman–Crippen MR) is 97.8 cm³/mol. The van der Waals surface area contributed by atoms with Crippen LogP contribution in [0.15, 0.2) is 54.6 Å². The van der Waals surface area contributed by atoms with Gasteiger partial charge in [-0.1, -0.05) is 30.3 Å². The summed E-state index contributed by atoms with van der Waals surface area (Å²) in [6, 6.07) is 17.5. The van der Waals surface area contributed by atoms with Gasteiger partial charge in [0.25, 0.3) is 0 Å². The Morgan fingerprint density at radius 3 is 2.28 bits per heavy atom. The van der Waals surface area contributed by atoms with Crippen LogP contribution in [0.2, 0.25) is 0 Å². The number of hydrogen-bond donors (Lipinski definition) is 0. The first-order valence-electron chi connectivity index (χ1n) is 7.63.